The fourth-order valence-corrected chi connectivity index (χ4v) is 1.79. The zero-order chi connectivity index (χ0) is 13.7. The second kappa shape index (κ2) is 6.12. The molecule has 1 aromatic carbocycles. The highest BCUT2D eigenvalue weighted by Crippen LogP contribution is 2.13. The highest BCUT2D eigenvalue weighted by atomic mass is 79.9. The van der Waals surface area contributed by atoms with E-state index in [4.69, 9.17) is 5.26 Å². The third-order valence-corrected chi connectivity index (χ3v) is 2.97. The molecule has 1 N–H and O–H groups in total. The average Bonchev–Trinajstić information content (AvgIpc) is 2.46. The van der Waals surface area contributed by atoms with E-state index in [1.54, 1.807) is 30.5 Å². The van der Waals surface area contributed by atoms with E-state index < -0.39 is 6.04 Å². The standard InChI is InChI=1S/C14H10BrN3O/c15-11-6-7-12(17-9-11)14(19)18-13(8-16)10-4-2-1-3-5-10/h1-7,9,13H,(H,18,19). The van der Waals surface area contributed by atoms with Gasteiger partial charge < -0.3 is 5.32 Å². The van der Waals surface area contributed by atoms with Gasteiger partial charge in [-0.3, -0.25) is 4.79 Å². The van der Waals surface area contributed by atoms with Crippen molar-refractivity contribution in [1.29, 1.82) is 5.26 Å². The summed E-state index contributed by atoms with van der Waals surface area (Å²) in [7, 11) is 0. The molecule has 0 saturated heterocycles. The second-order valence-corrected chi connectivity index (χ2v) is 4.72. The lowest BCUT2D eigenvalue weighted by atomic mass is 10.1. The minimum atomic E-state index is -0.681. The molecule has 94 valence electrons. The molecule has 1 amide bonds. The van der Waals surface area contributed by atoms with Crippen molar-refractivity contribution in [2.75, 3.05) is 0 Å². The molecule has 5 heteroatoms. The van der Waals surface area contributed by atoms with Crippen LogP contribution in [0.4, 0.5) is 0 Å². The number of nitrogens with zero attached hydrogens (tertiary/aromatic N) is 2. The van der Waals surface area contributed by atoms with Crippen LogP contribution in [0.25, 0.3) is 0 Å². The van der Waals surface area contributed by atoms with E-state index in [0.29, 0.717) is 0 Å². The van der Waals surface area contributed by atoms with Crippen LogP contribution in [0.2, 0.25) is 0 Å². The van der Waals surface area contributed by atoms with Crippen LogP contribution in [0.15, 0.2) is 53.1 Å². The van der Waals surface area contributed by atoms with Gasteiger partial charge in [0.05, 0.1) is 6.07 Å². The molecule has 1 heterocycles. The summed E-state index contributed by atoms with van der Waals surface area (Å²) in [6, 6.07) is 13.8. The van der Waals surface area contributed by atoms with E-state index in [1.165, 1.54) is 0 Å². The summed E-state index contributed by atoms with van der Waals surface area (Å²) in [5.41, 5.74) is 1.02. The first kappa shape index (κ1) is 13.2. The van der Waals surface area contributed by atoms with E-state index in [9.17, 15) is 4.79 Å². The molecular formula is C14H10BrN3O. The summed E-state index contributed by atoms with van der Waals surface area (Å²) in [5.74, 6) is -0.372. The van der Waals surface area contributed by atoms with Crippen LogP contribution >= 0.6 is 15.9 Å². The maximum Gasteiger partial charge on any atom is 0.271 e. The summed E-state index contributed by atoms with van der Waals surface area (Å²) in [6.07, 6.45) is 1.54. The summed E-state index contributed by atoms with van der Waals surface area (Å²) < 4.78 is 0.795. The van der Waals surface area contributed by atoms with Gasteiger partial charge in [0.2, 0.25) is 0 Å². The zero-order valence-corrected chi connectivity index (χ0v) is 11.5. The van der Waals surface area contributed by atoms with Crippen LogP contribution < -0.4 is 5.32 Å². The second-order valence-electron chi connectivity index (χ2n) is 3.81. The number of hydrogen-bond donors (Lipinski definition) is 1. The number of pyridine rings is 1. The molecule has 0 spiro atoms. The number of hydrogen-bond acceptors (Lipinski definition) is 3. The lowest BCUT2D eigenvalue weighted by molar-refractivity contribution is 0.0940. The van der Waals surface area contributed by atoms with Crippen LogP contribution in [0, 0.1) is 11.3 Å². The van der Waals surface area contributed by atoms with Crippen molar-refractivity contribution in [3.05, 3.63) is 64.4 Å². The van der Waals surface area contributed by atoms with E-state index in [-0.39, 0.29) is 11.6 Å². The lowest BCUT2D eigenvalue weighted by Gasteiger charge is -2.11. The number of carbonyl (C=O) groups excluding carboxylic acids is 1. The maximum absolute atomic E-state index is 12.0. The number of aromatic nitrogens is 1. The van der Waals surface area contributed by atoms with Gasteiger partial charge in [0.15, 0.2) is 0 Å². The SMILES string of the molecule is N#CC(NC(=O)c1ccc(Br)cn1)c1ccccc1. The van der Waals surface area contributed by atoms with E-state index in [2.05, 4.69) is 32.3 Å². The number of halogens is 1. The van der Waals surface area contributed by atoms with E-state index in [0.717, 1.165) is 10.0 Å². The van der Waals surface area contributed by atoms with Crippen molar-refractivity contribution in [3.8, 4) is 6.07 Å². The first-order chi connectivity index (χ1) is 9.20. The predicted octanol–water partition coefficient (Wildman–Crippen LogP) is 2.84. The highest BCUT2D eigenvalue weighted by Gasteiger charge is 2.15. The van der Waals surface area contributed by atoms with Gasteiger partial charge in [0, 0.05) is 10.7 Å². The summed E-state index contributed by atoms with van der Waals surface area (Å²) in [6.45, 7) is 0. The molecule has 0 aliphatic heterocycles. The quantitative estimate of drug-likeness (QED) is 0.947. The Hall–Kier alpha value is -2.19. The van der Waals surface area contributed by atoms with Crippen LogP contribution in [-0.2, 0) is 0 Å². The molecule has 0 radical (unpaired) electrons. The van der Waals surface area contributed by atoms with Crippen molar-refractivity contribution in [3.63, 3.8) is 0 Å². The van der Waals surface area contributed by atoms with Crippen molar-refractivity contribution >= 4 is 21.8 Å². The van der Waals surface area contributed by atoms with Gasteiger partial charge in [0.1, 0.15) is 11.7 Å². The van der Waals surface area contributed by atoms with Gasteiger partial charge >= 0.3 is 0 Å². The number of benzene rings is 1. The smallest absolute Gasteiger partial charge is 0.271 e. The minimum Gasteiger partial charge on any atom is -0.331 e. The van der Waals surface area contributed by atoms with Gasteiger partial charge in [-0.25, -0.2) is 4.98 Å². The zero-order valence-electron chi connectivity index (χ0n) is 9.88. The molecule has 0 aliphatic carbocycles. The fraction of sp³-hybridized carbons (Fsp3) is 0.0714. The van der Waals surface area contributed by atoms with Crippen LogP contribution in [0.3, 0.4) is 0 Å². The Balaban J connectivity index is 2.13. The number of rotatable bonds is 3. The number of carbonyl (C=O) groups is 1. The molecule has 2 rings (SSSR count). The van der Waals surface area contributed by atoms with Crippen molar-refractivity contribution in [2.45, 2.75) is 6.04 Å². The van der Waals surface area contributed by atoms with Gasteiger partial charge in [-0.1, -0.05) is 30.3 Å². The Morgan fingerprint density at radius 2 is 2.00 bits per heavy atom. The van der Waals surface area contributed by atoms with Crippen molar-refractivity contribution in [2.24, 2.45) is 0 Å². The summed E-state index contributed by atoms with van der Waals surface area (Å²) in [5, 5.41) is 11.8. The topological polar surface area (TPSA) is 65.8 Å². The maximum atomic E-state index is 12.0. The molecule has 1 unspecified atom stereocenters. The number of amides is 1. The van der Waals surface area contributed by atoms with Crippen LogP contribution in [0.5, 0.6) is 0 Å². The molecule has 0 saturated carbocycles. The molecule has 0 fully saturated rings. The Kier molecular flexibility index (Phi) is 4.26. The average molecular weight is 316 g/mol. The van der Waals surface area contributed by atoms with Gasteiger partial charge in [0.25, 0.3) is 5.91 Å². The minimum absolute atomic E-state index is 0.277. The predicted molar refractivity (Wildman–Crippen MR) is 74.2 cm³/mol. The first-order valence-corrected chi connectivity index (χ1v) is 6.37. The highest BCUT2D eigenvalue weighted by molar-refractivity contribution is 9.10. The number of nitriles is 1. The summed E-state index contributed by atoms with van der Waals surface area (Å²) in [4.78, 5) is 15.9. The largest absolute Gasteiger partial charge is 0.331 e. The Morgan fingerprint density at radius 1 is 1.26 bits per heavy atom. The molecular weight excluding hydrogens is 306 g/mol. The third kappa shape index (κ3) is 3.39. The van der Waals surface area contributed by atoms with Crippen molar-refractivity contribution in [1.82, 2.24) is 10.3 Å². The van der Waals surface area contributed by atoms with E-state index in [1.807, 2.05) is 18.2 Å². The fourth-order valence-electron chi connectivity index (χ4n) is 1.55. The molecule has 1 aromatic heterocycles. The third-order valence-electron chi connectivity index (χ3n) is 2.50. The van der Waals surface area contributed by atoms with Crippen LogP contribution in [0.1, 0.15) is 22.1 Å². The lowest BCUT2D eigenvalue weighted by Crippen LogP contribution is -2.28. The molecule has 4 nitrogen and oxygen atoms in total. The van der Waals surface area contributed by atoms with Crippen LogP contribution in [-0.4, -0.2) is 10.9 Å². The Morgan fingerprint density at radius 3 is 2.58 bits per heavy atom. The van der Waals surface area contributed by atoms with Gasteiger partial charge in [-0.2, -0.15) is 5.26 Å². The Bertz CT molecular complexity index is 605. The molecule has 0 bridgehead atoms. The molecule has 0 aliphatic rings. The van der Waals surface area contributed by atoms with Gasteiger partial charge in [-0.15, -0.1) is 0 Å². The molecule has 19 heavy (non-hydrogen) atoms. The van der Waals surface area contributed by atoms with E-state index >= 15 is 0 Å². The molecule has 1 atom stereocenters. The Labute approximate surface area is 119 Å². The normalized spacial score (nSPS) is 11.4. The molecule has 2 aromatic rings. The van der Waals surface area contributed by atoms with Gasteiger partial charge in [-0.05, 0) is 33.6 Å². The summed E-state index contributed by atoms with van der Waals surface area (Å²) >= 11 is 3.25. The number of nitrogens with one attached hydrogen (secondary N) is 1. The first-order valence-electron chi connectivity index (χ1n) is 5.57. The monoisotopic (exact) mass is 315 g/mol. The van der Waals surface area contributed by atoms with Crippen molar-refractivity contribution < 1.29 is 4.79 Å².